The molecule has 0 heterocycles. The van der Waals surface area contributed by atoms with Gasteiger partial charge in [-0.3, -0.25) is 0 Å². The van der Waals surface area contributed by atoms with E-state index in [0.29, 0.717) is 11.5 Å². The van der Waals surface area contributed by atoms with Crippen molar-refractivity contribution >= 4 is 0 Å². The molecule has 2 aliphatic carbocycles. The molecule has 4 rings (SSSR count). The molecule has 2 fully saturated rings. The van der Waals surface area contributed by atoms with Gasteiger partial charge in [-0.15, -0.1) is 0 Å². The number of hydrogen-bond donors (Lipinski definition) is 0. The molecule has 2 aromatic rings. The van der Waals surface area contributed by atoms with Crippen LogP contribution in [-0.2, 0) is 6.42 Å². The van der Waals surface area contributed by atoms with E-state index in [1.54, 1.807) is 12.1 Å². The molecule has 156 valence electrons. The van der Waals surface area contributed by atoms with E-state index >= 15 is 0 Å². The maximum Gasteiger partial charge on any atom is 0.134 e. The summed E-state index contributed by atoms with van der Waals surface area (Å²) in [6, 6.07) is 10.8. The molecule has 0 aliphatic heterocycles. The predicted octanol–water partition coefficient (Wildman–Crippen LogP) is 8.29. The molecule has 0 bridgehead atoms. The molecule has 2 saturated carbocycles. The van der Waals surface area contributed by atoms with E-state index in [9.17, 15) is 8.78 Å². The van der Waals surface area contributed by atoms with Crippen molar-refractivity contribution in [3.05, 3.63) is 59.2 Å². The summed E-state index contributed by atoms with van der Waals surface area (Å²) in [5.41, 5.74) is 2.78. The molecule has 4 atom stereocenters. The molecule has 0 aromatic heterocycles. The van der Waals surface area contributed by atoms with Crippen molar-refractivity contribution in [2.24, 2.45) is 17.8 Å². The maximum absolute atomic E-state index is 15.0. The molecule has 0 spiro atoms. The van der Waals surface area contributed by atoms with E-state index in [0.717, 1.165) is 42.6 Å². The van der Waals surface area contributed by atoms with Gasteiger partial charge in [0.25, 0.3) is 0 Å². The van der Waals surface area contributed by atoms with Gasteiger partial charge in [-0.2, -0.15) is 0 Å². The quantitative estimate of drug-likeness (QED) is 0.477. The Morgan fingerprint density at radius 1 is 0.828 bits per heavy atom. The Bertz CT molecular complexity index is 800. The van der Waals surface area contributed by atoms with Crippen molar-refractivity contribution in [1.82, 2.24) is 0 Å². The van der Waals surface area contributed by atoms with E-state index in [2.05, 4.69) is 13.8 Å². The van der Waals surface area contributed by atoms with Gasteiger partial charge in [0.05, 0.1) is 5.56 Å². The van der Waals surface area contributed by atoms with Crippen LogP contribution in [0.4, 0.5) is 8.78 Å². The van der Waals surface area contributed by atoms with Gasteiger partial charge < -0.3 is 0 Å². The van der Waals surface area contributed by atoms with Gasteiger partial charge in [0.1, 0.15) is 11.6 Å². The summed E-state index contributed by atoms with van der Waals surface area (Å²) >= 11 is 0. The number of hydrogen-bond acceptors (Lipinski definition) is 0. The minimum Gasteiger partial charge on any atom is -0.206 e. The summed E-state index contributed by atoms with van der Waals surface area (Å²) in [5, 5.41) is 0. The first-order valence-electron chi connectivity index (χ1n) is 11.7. The third kappa shape index (κ3) is 4.42. The van der Waals surface area contributed by atoms with Crippen LogP contribution in [0.25, 0.3) is 11.1 Å². The van der Waals surface area contributed by atoms with Crippen molar-refractivity contribution in [2.75, 3.05) is 0 Å². The fraction of sp³-hybridized carbons (Fsp3) is 0.556. The van der Waals surface area contributed by atoms with Crippen LogP contribution in [0.2, 0.25) is 0 Å². The number of benzene rings is 2. The molecule has 29 heavy (non-hydrogen) atoms. The molecule has 2 aliphatic rings. The molecule has 0 amide bonds. The summed E-state index contributed by atoms with van der Waals surface area (Å²) in [6.07, 6.45) is 11.0. The Labute approximate surface area is 174 Å². The summed E-state index contributed by atoms with van der Waals surface area (Å²) in [5.74, 6) is 1.96. The molecule has 2 aromatic carbocycles. The van der Waals surface area contributed by atoms with Crippen LogP contribution in [0, 0.1) is 29.4 Å². The van der Waals surface area contributed by atoms with Crippen LogP contribution in [0.1, 0.15) is 82.3 Å². The Balaban J connectivity index is 1.50. The number of aryl methyl sites for hydroxylation is 1. The monoisotopic (exact) mass is 396 g/mol. The molecular formula is C27H34F2. The maximum atomic E-state index is 15.0. The standard InChI is InChI=1S/C27H34F2/c1-3-5-19-8-11-22-15-23(13-12-21(22)14-19)24-16-25(28)27(26(29)17-24)20-9-6-18(4-2)7-10-20/h6-7,9-10,16-17,19,21-23H,3-5,8,11-15H2,1-2H3/t19?,21-,22-,23-/m1/s1. The van der Waals surface area contributed by atoms with Crippen molar-refractivity contribution in [2.45, 2.75) is 77.6 Å². The Morgan fingerprint density at radius 2 is 1.48 bits per heavy atom. The number of fused-ring (bicyclic) bond motifs is 1. The van der Waals surface area contributed by atoms with E-state index < -0.39 is 11.6 Å². The first-order valence-corrected chi connectivity index (χ1v) is 11.7. The zero-order valence-corrected chi connectivity index (χ0v) is 17.9. The number of rotatable bonds is 5. The second-order valence-electron chi connectivity index (χ2n) is 9.41. The Morgan fingerprint density at radius 3 is 2.14 bits per heavy atom. The molecule has 2 heteroatoms. The average molecular weight is 397 g/mol. The summed E-state index contributed by atoms with van der Waals surface area (Å²) in [4.78, 5) is 0. The minimum absolute atomic E-state index is 0.116. The highest BCUT2D eigenvalue weighted by Gasteiger charge is 2.36. The largest absolute Gasteiger partial charge is 0.206 e. The first-order chi connectivity index (χ1) is 14.1. The van der Waals surface area contributed by atoms with Crippen LogP contribution >= 0.6 is 0 Å². The van der Waals surface area contributed by atoms with Crippen LogP contribution in [-0.4, -0.2) is 0 Å². The van der Waals surface area contributed by atoms with Gasteiger partial charge in [0.2, 0.25) is 0 Å². The smallest absolute Gasteiger partial charge is 0.134 e. The zero-order chi connectivity index (χ0) is 20.4. The van der Waals surface area contributed by atoms with Crippen molar-refractivity contribution in [1.29, 1.82) is 0 Å². The second-order valence-corrected chi connectivity index (χ2v) is 9.41. The SMILES string of the molecule is CCCC1CC[C@@H]2C[C@H](c3cc(F)c(-c4ccc(CC)cc4)c(F)c3)CC[C@@H]2C1. The van der Waals surface area contributed by atoms with Crippen LogP contribution < -0.4 is 0 Å². The van der Waals surface area contributed by atoms with Gasteiger partial charge in [-0.25, -0.2) is 8.78 Å². The first kappa shape index (κ1) is 20.6. The normalized spacial score (nSPS) is 26.9. The molecule has 1 unspecified atom stereocenters. The zero-order valence-electron chi connectivity index (χ0n) is 17.9. The molecule has 0 nitrogen and oxygen atoms in total. The predicted molar refractivity (Wildman–Crippen MR) is 117 cm³/mol. The van der Waals surface area contributed by atoms with Gasteiger partial charge in [0, 0.05) is 0 Å². The molecule has 0 N–H and O–H groups in total. The topological polar surface area (TPSA) is 0 Å². The summed E-state index contributed by atoms with van der Waals surface area (Å²) in [6.45, 7) is 4.36. The number of halogens is 2. The van der Waals surface area contributed by atoms with Gasteiger partial charge in [-0.05, 0) is 91.0 Å². The lowest BCUT2D eigenvalue weighted by Gasteiger charge is -2.42. The fourth-order valence-corrected chi connectivity index (χ4v) is 5.97. The van der Waals surface area contributed by atoms with E-state index in [4.69, 9.17) is 0 Å². The van der Waals surface area contributed by atoms with Crippen LogP contribution in [0.5, 0.6) is 0 Å². The highest BCUT2D eigenvalue weighted by atomic mass is 19.1. The van der Waals surface area contributed by atoms with Crippen LogP contribution in [0.15, 0.2) is 36.4 Å². The van der Waals surface area contributed by atoms with E-state index in [1.807, 2.05) is 24.3 Å². The third-order valence-electron chi connectivity index (χ3n) is 7.61. The van der Waals surface area contributed by atoms with Gasteiger partial charge >= 0.3 is 0 Å². The summed E-state index contributed by atoms with van der Waals surface area (Å²) < 4.78 is 29.9. The minimum atomic E-state index is -0.418. The van der Waals surface area contributed by atoms with Crippen molar-refractivity contribution in [3.8, 4) is 11.1 Å². The second kappa shape index (κ2) is 8.98. The van der Waals surface area contributed by atoms with E-state index in [1.165, 1.54) is 44.1 Å². The Kier molecular flexibility index (Phi) is 6.37. The highest BCUT2D eigenvalue weighted by molar-refractivity contribution is 5.65. The molecular weight excluding hydrogens is 362 g/mol. The lowest BCUT2D eigenvalue weighted by Crippen LogP contribution is -2.30. The lowest BCUT2D eigenvalue weighted by atomic mass is 9.63. The highest BCUT2D eigenvalue weighted by Crippen LogP contribution is 2.48. The Hall–Kier alpha value is -1.70. The van der Waals surface area contributed by atoms with E-state index in [-0.39, 0.29) is 5.56 Å². The molecule has 0 saturated heterocycles. The summed E-state index contributed by atoms with van der Waals surface area (Å²) in [7, 11) is 0. The van der Waals surface area contributed by atoms with Crippen molar-refractivity contribution in [3.63, 3.8) is 0 Å². The van der Waals surface area contributed by atoms with Gasteiger partial charge in [-0.1, -0.05) is 57.4 Å². The lowest BCUT2D eigenvalue weighted by molar-refractivity contribution is 0.114. The molecule has 0 radical (unpaired) electrons. The van der Waals surface area contributed by atoms with Crippen molar-refractivity contribution < 1.29 is 8.78 Å². The van der Waals surface area contributed by atoms with Crippen LogP contribution in [0.3, 0.4) is 0 Å². The average Bonchev–Trinajstić information content (AvgIpc) is 2.73. The fourth-order valence-electron chi connectivity index (χ4n) is 5.97. The third-order valence-corrected chi connectivity index (χ3v) is 7.61. The van der Waals surface area contributed by atoms with Gasteiger partial charge in [0.15, 0.2) is 0 Å².